The molecule has 2 aliphatic rings. The molecular weight excluding hydrogens is 538 g/mol. The van der Waals surface area contributed by atoms with Crippen LogP contribution in [0.4, 0.5) is 11.4 Å². The Balaban J connectivity index is 1.66. The number of nitrogens with one attached hydrogen (secondary N) is 1. The number of sulfonamides is 1. The largest absolute Gasteiger partial charge is 0.496 e. The number of carbonyl (C=O) groups is 3. The summed E-state index contributed by atoms with van der Waals surface area (Å²) < 4.78 is 41.9. The third-order valence-electron chi connectivity index (χ3n) is 6.45. The maximum atomic E-state index is 13.6. The summed E-state index contributed by atoms with van der Waals surface area (Å²) in [5.74, 6) is -2.12. The number of nitrogens with two attached hydrogens (primary N) is 1. The van der Waals surface area contributed by atoms with Crippen LogP contribution in [0.3, 0.4) is 0 Å². The van der Waals surface area contributed by atoms with Crippen molar-refractivity contribution in [1.82, 2.24) is 0 Å². The van der Waals surface area contributed by atoms with Crippen LogP contribution in [0.2, 0.25) is 5.02 Å². The minimum atomic E-state index is -3.79. The van der Waals surface area contributed by atoms with Gasteiger partial charge in [0.2, 0.25) is 33.1 Å². The van der Waals surface area contributed by atoms with Gasteiger partial charge in [-0.25, -0.2) is 8.42 Å². The van der Waals surface area contributed by atoms with Gasteiger partial charge in [0.1, 0.15) is 28.6 Å². The molecule has 0 bridgehead atoms. The van der Waals surface area contributed by atoms with Gasteiger partial charge in [-0.05, 0) is 24.6 Å². The molecule has 1 heterocycles. The number of fused-ring (bicyclic) bond motifs is 1. The van der Waals surface area contributed by atoms with Crippen molar-refractivity contribution in [3.8, 4) is 17.2 Å². The minimum Gasteiger partial charge on any atom is -0.496 e. The molecule has 202 valence electrons. The Bertz CT molecular complexity index is 1490. The lowest BCUT2D eigenvalue weighted by Crippen LogP contribution is -2.55. The van der Waals surface area contributed by atoms with Crippen molar-refractivity contribution < 1.29 is 37.0 Å². The van der Waals surface area contributed by atoms with Crippen molar-refractivity contribution in [3.05, 3.63) is 52.7 Å². The number of carbonyl (C=O) groups excluding carboxylic acids is 3. The number of Topliss-reactive ketones (excluding diaryl/α,β-unsaturated/α-hetero) is 1. The van der Waals surface area contributed by atoms with Gasteiger partial charge in [0, 0.05) is 29.4 Å². The topological polar surface area (TPSA) is 154 Å². The Morgan fingerprint density at radius 2 is 1.92 bits per heavy atom. The molecular formula is C25H26ClN3O8S. The summed E-state index contributed by atoms with van der Waals surface area (Å²) in [5.41, 5.74) is 4.62. The number of ether oxygens (including phenoxy) is 3. The second-order valence-electron chi connectivity index (χ2n) is 9.02. The van der Waals surface area contributed by atoms with E-state index in [4.69, 9.17) is 31.5 Å². The van der Waals surface area contributed by atoms with Gasteiger partial charge in [-0.2, -0.15) is 0 Å². The number of nitrogens with zero attached hydrogens (tertiary/aromatic N) is 1. The molecule has 0 radical (unpaired) electrons. The maximum absolute atomic E-state index is 13.6. The van der Waals surface area contributed by atoms with Crippen molar-refractivity contribution in [1.29, 1.82) is 0 Å². The lowest BCUT2D eigenvalue weighted by molar-refractivity contribution is -0.129. The number of allylic oxidation sites excluding steroid dienone is 1. The number of primary amides is 1. The van der Waals surface area contributed by atoms with Crippen LogP contribution in [0, 0.1) is 5.92 Å². The molecule has 3 N–H and O–H groups in total. The molecule has 4 rings (SSSR count). The molecule has 2 aromatic rings. The Labute approximate surface area is 224 Å². The summed E-state index contributed by atoms with van der Waals surface area (Å²) in [4.78, 5) is 38.5. The molecule has 2 atom stereocenters. The SMILES string of the molecule is COc1cc(OC)c2c(c1Cl)OC1(C(=O)C=C(Nc3cccc(N(CC(N)=O)S(C)(=O)=O)c3)CC1C)C2=O. The lowest BCUT2D eigenvalue weighted by atomic mass is 9.74. The lowest BCUT2D eigenvalue weighted by Gasteiger charge is -2.35. The van der Waals surface area contributed by atoms with Gasteiger partial charge in [-0.3, -0.25) is 18.7 Å². The Morgan fingerprint density at radius 1 is 1.24 bits per heavy atom. The quantitative estimate of drug-likeness (QED) is 0.461. The molecule has 11 nitrogen and oxygen atoms in total. The third-order valence-corrected chi connectivity index (χ3v) is 7.95. The molecule has 13 heteroatoms. The number of amides is 1. The Kier molecular flexibility index (Phi) is 7.06. The van der Waals surface area contributed by atoms with Gasteiger partial charge in [0.15, 0.2) is 5.75 Å². The van der Waals surface area contributed by atoms with Gasteiger partial charge in [-0.15, -0.1) is 0 Å². The first-order valence-electron chi connectivity index (χ1n) is 11.4. The van der Waals surface area contributed by atoms with E-state index in [1.165, 1.54) is 38.5 Å². The van der Waals surface area contributed by atoms with E-state index in [1.54, 1.807) is 19.1 Å². The Hall–Kier alpha value is -3.77. The highest BCUT2D eigenvalue weighted by atomic mass is 35.5. The zero-order valence-corrected chi connectivity index (χ0v) is 22.6. The average Bonchev–Trinajstić information content (AvgIpc) is 3.16. The molecule has 1 amide bonds. The fraction of sp³-hybridized carbons (Fsp3) is 0.320. The van der Waals surface area contributed by atoms with E-state index in [1.807, 2.05) is 0 Å². The number of anilines is 2. The standard InChI is InChI=1S/C25H26ClN3O8S/c1-13-8-15(28-14-6-5-7-16(9-14)29(12-20(27)31)38(4,33)34)10-19(30)25(13)24(32)21-17(35-2)11-18(36-3)22(26)23(21)37-25/h5-7,9-11,13,28H,8,12H2,1-4H3,(H2,27,31). The normalized spacial score (nSPS) is 20.4. The van der Waals surface area contributed by atoms with Gasteiger partial charge >= 0.3 is 0 Å². The van der Waals surface area contributed by atoms with Crippen LogP contribution in [0.5, 0.6) is 17.2 Å². The van der Waals surface area contributed by atoms with E-state index in [0.29, 0.717) is 11.4 Å². The summed E-state index contributed by atoms with van der Waals surface area (Å²) in [6, 6.07) is 7.75. The molecule has 1 aliphatic heterocycles. The predicted molar refractivity (Wildman–Crippen MR) is 141 cm³/mol. The number of methoxy groups -OCH3 is 2. The second-order valence-corrected chi connectivity index (χ2v) is 11.3. The maximum Gasteiger partial charge on any atom is 0.238 e. The first kappa shape index (κ1) is 27.3. The summed E-state index contributed by atoms with van der Waals surface area (Å²) in [7, 11) is -0.994. The van der Waals surface area contributed by atoms with E-state index in [2.05, 4.69) is 5.32 Å². The fourth-order valence-corrected chi connectivity index (χ4v) is 5.80. The summed E-state index contributed by atoms with van der Waals surface area (Å²) in [6.45, 7) is 1.18. The molecule has 2 aromatic carbocycles. The van der Waals surface area contributed by atoms with Crippen molar-refractivity contribution in [2.75, 3.05) is 36.6 Å². The average molecular weight is 564 g/mol. The van der Waals surface area contributed by atoms with Gasteiger partial charge < -0.3 is 25.3 Å². The summed E-state index contributed by atoms with van der Waals surface area (Å²) >= 11 is 6.41. The number of hydrogen-bond donors (Lipinski definition) is 2. The van der Waals surface area contributed by atoms with E-state index in [0.717, 1.165) is 10.6 Å². The summed E-state index contributed by atoms with van der Waals surface area (Å²) in [5, 5.41) is 3.16. The van der Waals surface area contributed by atoms with Crippen LogP contribution in [0.25, 0.3) is 0 Å². The fourth-order valence-electron chi connectivity index (χ4n) is 4.68. The molecule has 0 aromatic heterocycles. The molecule has 0 fully saturated rings. The first-order valence-corrected chi connectivity index (χ1v) is 13.6. The van der Waals surface area contributed by atoms with Crippen LogP contribution >= 0.6 is 11.6 Å². The van der Waals surface area contributed by atoms with Crippen LogP contribution in [0.1, 0.15) is 23.7 Å². The van der Waals surface area contributed by atoms with E-state index in [9.17, 15) is 22.8 Å². The van der Waals surface area contributed by atoms with Crippen molar-refractivity contribution in [2.24, 2.45) is 11.7 Å². The van der Waals surface area contributed by atoms with E-state index < -0.39 is 45.6 Å². The minimum absolute atomic E-state index is 0.0286. The highest BCUT2D eigenvalue weighted by Crippen LogP contribution is 2.53. The highest BCUT2D eigenvalue weighted by molar-refractivity contribution is 7.92. The zero-order chi connectivity index (χ0) is 28.0. The molecule has 1 spiro atoms. The third kappa shape index (κ3) is 4.54. The zero-order valence-electron chi connectivity index (χ0n) is 21.0. The van der Waals surface area contributed by atoms with Crippen LogP contribution < -0.4 is 29.6 Å². The second kappa shape index (κ2) is 9.84. The summed E-state index contributed by atoms with van der Waals surface area (Å²) in [6.07, 6.45) is 2.49. The van der Waals surface area contributed by atoms with Crippen molar-refractivity contribution in [3.63, 3.8) is 0 Å². The van der Waals surface area contributed by atoms with Crippen LogP contribution in [-0.2, 0) is 19.6 Å². The number of ketones is 2. The first-order chi connectivity index (χ1) is 17.8. The Morgan fingerprint density at radius 3 is 2.50 bits per heavy atom. The number of hydrogen-bond acceptors (Lipinski definition) is 9. The van der Waals surface area contributed by atoms with Crippen LogP contribution in [0.15, 0.2) is 42.1 Å². The molecule has 0 saturated heterocycles. The van der Waals surface area contributed by atoms with E-state index >= 15 is 0 Å². The van der Waals surface area contributed by atoms with Crippen molar-refractivity contribution in [2.45, 2.75) is 18.9 Å². The smallest absolute Gasteiger partial charge is 0.238 e. The molecule has 2 unspecified atom stereocenters. The number of benzene rings is 2. The van der Waals surface area contributed by atoms with Gasteiger partial charge in [0.25, 0.3) is 0 Å². The van der Waals surface area contributed by atoms with Gasteiger partial charge in [0.05, 0.1) is 26.2 Å². The van der Waals surface area contributed by atoms with Gasteiger partial charge in [-0.1, -0.05) is 24.6 Å². The number of halogens is 1. The predicted octanol–water partition coefficient (Wildman–Crippen LogP) is 2.53. The highest BCUT2D eigenvalue weighted by Gasteiger charge is 2.60. The monoisotopic (exact) mass is 563 g/mol. The van der Waals surface area contributed by atoms with Crippen molar-refractivity contribution >= 4 is 50.5 Å². The van der Waals surface area contributed by atoms with E-state index in [-0.39, 0.29) is 39.9 Å². The van der Waals surface area contributed by atoms with Crippen LogP contribution in [-0.4, -0.2) is 58.5 Å². The molecule has 38 heavy (non-hydrogen) atoms. The molecule has 0 saturated carbocycles. The number of rotatable bonds is 8. The molecule has 1 aliphatic carbocycles.